The van der Waals surface area contributed by atoms with Gasteiger partial charge in [-0.3, -0.25) is 0 Å². The van der Waals surface area contributed by atoms with Crippen LogP contribution in [0.2, 0.25) is 0 Å². The SMILES string of the molecule is CC1OCCC1N(C)CCC(C)(O)CN. The summed E-state index contributed by atoms with van der Waals surface area (Å²) in [6.07, 6.45) is 2.10. The summed E-state index contributed by atoms with van der Waals surface area (Å²) in [5, 5.41) is 9.80. The zero-order valence-electron chi connectivity index (χ0n) is 10.1. The number of nitrogens with two attached hydrogens (primary N) is 1. The molecule has 4 nitrogen and oxygen atoms in total. The minimum Gasteiger partial charge on any atom is -0.389 e. The highest BCUT2D eigenvalue weighted by molar-refractivity contribution is 4.82. The zero-order valence-corrected chi connectivity index (χ0v) is 10.1. The van der Waals surface area contributed by atoms with Gasteiger partial charge in [0.2, 0.25) is 0 Å². The summed E-state index contributed by atoms with van der Waals surface area (Å²) >= 11 is 0. The molecule has 0 aliphatic carbocycles. The van der Waals surface area contributed by atoms with Crippen molar-refractivity contribution in [2.75, 3.05) is 26.7 Å². The summed E-state index contributed by atoms with van der Waals surface area (Å²) in [5.41, 5.74) is 4.74. The van der Waals surface area contributed by atoms with Crippen LogP contribution in [0.25, 0.3) is 0 Å². The number of hydrogen-bond donors (Lipinski definition) is 2. The Hall–Kier alpha value is -0.160. The van der Waals surface area contributed by atoms with Crippen LogP contribution in [0.4, 0.5) is 0 Å². The summed E-state index contributed by atoms with van der Waals surface area (Å²) in [4.78, 5) is 2.27. The van der Waals surface area contributed by atoms with Gasteiger partial charge in [-0.25, -0.2) is 0 Å². The molecule has 1 fully saturated rings. The third-order valence-corrected chi connectivity index (χ3v) is 3.35. The molecule has 1 saturated heterocycles. The molecule has 1 aliphatic heterocycles. The van der Waals surface area contributed by atoms with Gasteiger partial charge < -0.3 is 20.5 Å². The first kappa shape index (κ1) is 12.9. The van der Waals surface area contributed by atoms with E-state index in [1.807, 2.05) is 0 Å². The van der Waals surface area contributed by atoms with Crippen molar-refractivity contribution in [2.45, 2.75) is 44.4 Å². The average molecular weight is 216 g/mol. The number of ether oxygens (including phenoxy) is 1. The highest BCUT2D eigenvalue weighted by atomic mass is 16.5. The van der Waals surface area contributed by atoms with Crippen LogP contribution >= 0.6 is 0 Å². The van der Waals surface area contributed by atoms with Gasteiger partial charge in [-0.15, -0.1) is 0 Å². The molecule has 0 aromatic heterocycles. The van der Waals surface area contributed by atoms with Gasteiger partial charge in [-0.05, 0) is 33.7 Å². The van der Waals surface area contributed by atoms with E-state index in [1.165, 1.54) is 0 Å². The van der Waals surface area contributed by atoms with Crippen LogP contribution in [0.1, 0.15) is 26.7 Å². The maximum atomic E-state index is 9.80. The molecule has 0 saturated carbocycles. The predicted octanol–water partition coefficient (Wildman–Crippen LogP) is 0.195. The standard InChI is InChI=1S/C11H24N2O2/c1-9-10(4-7-15-9)13(3)6-5-11(2,14)8-12/h9-10,14H,4-8,12H2,1-3H3. The van der Waals surface area contributed by atoms with Crippen molar-refractivity contribution in [1.82, 2.24) is 4.90 Å². The third-order valence-electron chi connectivity index (χ3n) is 3.35. The van der Waals surface area contributed by atoms with Crippen LogP contribution in [0, 0.1) is 0 Å². The van der Waals surface area contributed by atoms with Gasteiger partial charge in [0.1, 0.15) is 0 Å². The molecule has 1 rings (SSSR count). The molecular weight excluding hydrogens is 192 g/mol. The fourth-order valence-corrected chi connectivity index (χ4v) is 1.98. The minimum atomic E-state index is -0.739. The topological polar surface area (TPSA) is 58.7 Å². The molecule has 0 radical (unpaired) electrons. The van der Waals surface area contributed by atoms with Crippen LogP contribution < -0.4 is 5.73 Å². The van der Waals surface area contributed by atoms with Gasteiger partial charge in [-0.1, -0.05) is 0 Å². The second-order valence-electron chi connectivity index (χ2n) is 4.86. The van der Waals surface area contributed by atoms with E-state index in [0.29, 0.717) is 25.1 Å². The first-order chi connectivity index (χ1) is 6.96. The maximum absolute atomic E-state index is 9.80. The van der Waals surface area contributed by atoms with Gasteiger partial charge in [0.05, 0.1) is 11.7 Å². The Morgan fingerprint density at radius 1 is 1.60 bits per heavy atom. The number of nitrogens with zero attached hydrogens (tertiary/aromatic N) is 1. The Labute approximate surface area is 92.4 Å². The van der Waals surface area contributed by atoms with Crippen molar-refractivity contribution >= 4 is 0 Å². The van der Waals surface area contributed by atoms with Crippen LogP contribution in [0.3, 0.4) is 0 Å². The number of aliphatic hydroxyl groups is 1. The molecular formula is C11H24N2O2. The van der Waals surface area contributed by atoms with Gasteiger partial charge in [-0.2, -0.15) is 0 Å². The molecule has 3 atom stereocenters. The van der Waals surface area contributed by atoms with Crippen LogP contribution in [0.15, 0.2) is 0 Å². The van der Waals surface area contributed by atoms with E-state index in [0.717, 1.165) is 19.6 Å². The predicted molar refractivity (Wildman–Crippen MR) is 60.7 cm³/mol. The van der Waals surface area contributed by atoms with Crippen molar-refractivity contribution < 1.29 is 9.84 Å². The molecule has 15 heavy (non-hydrogen) atoms. The first-order valence-electron chi connectivity index (χ1n) is 5.70. The lowest BCUT2D eigenvalue weighted by molar-refractivity contribution is 0.0363. The second kappa shape index (κ2) is 5.25. The van der Waals surface area contributed by atoms with E-state index in [-0.39, 0.29) is 0 Å². The summed E-state index contributed by atoms with van der Waals surface area (Å²) in [7, 11) is 2.09. The van der Waals surface area contributed by atoms with Gasteiger partial charge in [0.25, 0.3) is 0 Å². The lowest BCUT2D eigenvalue weighted by atomic mass is 10.0. The maximum Gasteiger partial charge on any atom is 0.0753 e. The van der Waals surface area contributed by atoms with E-state index in [4.69, 9.17) is 10.5 Å². The Kier molecular flexibility index (Phi) is 4.52. The van der Waals surface area contributed by atoms with E-state index in [1.54, 1.807) is 6.92 Å². The lowest BCUT2D eigenvalue weighted by Crippen LogP contribution is -2.42. The number of rotatable bonds is 5. The van der Waals surface area contributed by atoms with Crippen molar-refractivity contribution in [3.8, 4) is 0 Å². The molecule has 0 aromatic carbocycles. The average Bonchev–Trinajstić information content (AvgIpc) is 2.61. The highest BCUT2D eigenvalue weighted by Crippen LogP contribution is 2.19. The Balaban J connectivity index is 2.32. The minimum absolute atomic E-state index is 0.304. The normalized spacial score (nSPS) is 30.8. The number of likely N-dealkylation sites (N-methyl/N-ethyl adjacent to an activating group) is 1. The molecule has 0 amide bonds. The van der Waals surface area contributed by atoms with E-state index in [9.17, 15) is 5.11 Å². The molecule has 3 N–H and O–H groups in total. The zero-order chi connectivity index (χ0) is 11.5. The van der Waals surface area contributed by atoms with Crippen molar-refractivity contribution in [1.29, 1.82) is 0 Å². The van der Waals surface area contributed by atoms with Gasteiger partial charge in [0, 0.05) is 25.7 Å². The van der Waals surface area contributed by atoms with E-state index in [2.05, 4.69) is 18.9 Å². The molecule has 1 heterocycles. The van der Waals surface area contributed by atoms with Gasteiger partial charge >= 0.3 is 0 Å². The quantitative estimate of drug-likeness (QED) is 0.689. The van der Waals surface area contributed by atoms with Crippen molar-refractivity contribution in [3.05, 3.63) is 0 Å². The van der Waals surface area contributed by atoms with E-state index < -0.39 is 5.60 Å². The Morgan fingerprint density at radius 2 is 2.27 bits per heavy atom. The summed E-state index contributed by atoms with van der Waals surface area (Å²) in [5.74, 6) is 0. The number of hydrogen-bond acceptors (Lipinski definition) is 4. The molecule has 1 aliphatic rings. The van der Waals surface area contributed by atoms with Crippen molar-refractivity contribution in [2.24, 2.45) is 5.73 Å². The highest BCUT2D eigenvalue weighted by Gasteiger charge is 2.29. The Bertz CT molecular complexity index is 197. The summed E-state index contributed by atoms with van der Waals surface area (Å²) in [6.45, 7) is 5.92. The fraction of sp³-hybridized carbons (Fsp3) is 1.00. The Morgan fingerprint density at radius 3 is 2.73 bits per heavy atom. The summed E-state index contributed by atoms with van der Waals surface area (Å²) in [6, 6.07) is 0.485. The molecule has 3 unspecified atom stereocenters. The molecule has 0 bridgehead atoms. The monoisotopic (exact) mass is 216 g/mol. The van der Waals surface area contributed by atoms with Crippen molar-refractivity contribution in [3.63, 3.8) is 0 Å². The summed E-state index contributed by atoms with van der Waals surface area (Å²) < 4.78 is 5.52. The first-order valence-corrected chi connectivity index (χ1v) is 5.70. The smallest absolute Gasteiger partial charge is 0.0753 e. The largest absolute Gasteiger partial charge is 0.389 e. The van der Waals surface area contributed by atoms with Crippen LogP contribution in [0.5, 0.6) is 0 Å². The second-order valence-corrected chi connectivity index (χ2v) is 4.86. The third kappa shape index (κ3) is 3.72. The van der Waals surface area contributed by atoms with E-state index >= 15 is 0 Å². The molecule has 90 valence electrons. The molecule has 0 aromatic rings. The van der Waals surface area contributed by atoms with Crippen LogP contribution in [-0.4, -0.2) is 54.5 Å². The fourth-order valence-electron chi connectivity index (χ4n) is 1.98. The van der Waals surface area contributed by atoms with Crippen LogP contribution in [-0.2, 0) is 4.74 Å². The van der Waals surface area contributed by atoms with Gasteiger partial charge in [0.15, 0.2) is 0 Å². The molecule has 0 spiro atoms. The lowest BCUT2D eigenvalue weighted by Gasteiger charge is -2.30. The molecule has 4 heteroatoms.